The van der Waals surface area contributed by atoms with E-state index in [0.29, 0.717) is 5.25 Å². The van der Waals surface area contributed by atoms with Gasteiger partial charge in [-0.25, -0.2) is 9.89 Å². The van der Waals surface area contributed by atoms with Crippen molar-refractivity contribution in [1.29, 1.82) is 0 Å². The Morgan fingerprint density at radius 1 is 1.64 bits per heavy atom. The van der Waals surface area contributed by atoms with Crippen LogP contribution in [-0.2, 0) is 7.05 Å². The Morgan fingerprint density at radius 2 is 2.50 bits per heavy atom. The average molecular weight is 214 g/mol. The SMILES string of the molecule is Cn1c(SC2CCCNC2)n[nH]c1=O. The number of thioether (sulfide) groups is 1. The highest BCUT2D eigenvalue weighted by Gasteiger charge is 2.17. The van der Waals surface area contributed by atoms with Crippen LogP contribution >= 0.6 is 11.8 Å². The summed E-state index contributed by atoms with van der Waals surface area (Å²) in [6.07, 6.45) is 2.40. The largest absolute Gasteiger partial charge is 0.343 e. The van der Waals surface area contributed by atoms with Crippen molar-refractivity contribution < 1.29 is 0 Å². The van der Waals surface area contributed by atoms with E-state index in [1.165, 1.54) is 12.8 Å². The highest BCUT2D eigenvalue weighted by atomic mass is 32.2. The lowest BCUT2D eigenvalue weighted by Gasteiger charge is -2.21. The van der Waals surface area contributed by atoms with Gasteiger partial charge in [0, 0.05) is 18.8 Å². The smallest absolute Gasteiger partial charge is 0.316 e. The van der Waals surface area contributed by atoms with E-state index in [0.717, 1.165) is 18.2 Å². The van der Waals surface area contributed by atoms with E-state index >= 15 is 0 Å². The predicted molar refractivity (Wildman–Crippen MR) is 55.6 cm³/mol. The Bertz CT molecular complexity index is 352. The molecule has 1 aromatic rings. The summed E-state index contributed by atoms with van der Waals surface area (Å²) in [5.41, 5.74) is -0.142. The van der Waals surface area contributed by atoms with Gasteiger partial charge in [0.2, 0.25) is 0 Å². The zero-order chi connectivity index (χ0) is 9.97. The zero-order valence-corrected chi connectivity index (χ0v) is 8.93. The molecule has 14 heavy (non-hydrogen) atoms. The van der Waals surface area contributed by atoms with Gasteiger partial charge >= 0.3 is 5.69 Å². The summed E-state index contributed by atoms with van der Waals surface area (Å²) in [4.78, 5) is 11.1. The summed E-state index contributed by atoms with van der Waals surface area (Å²) >= 11 is 1.67. The van der Waals surface area contributed by atoms with Crippen LogP contribution < -0.4 is 11.0 Å². The van der Waals surface area contributed by atoms with E-state index in [9.17, 15) is 4.79 Å². The fourth-order valence-electron chi connectivity index (χ4n) is 1.51. The summed E-state index contributed by atoms with van der Waals surface area (Å²) in [6, 6.07) is 0. The average Bonchev–Trinajstić information content (AvgIpc) is 2.52. The molecule has 0 aromatic carbocycles. The molecule has 1 atom stereocenters. The number of aromatic nitrogens is 3. The maximum absolute atomic E-state index is 11.1. The van der Waals surface area contributed by atoms with Gasteiger partial charge in [-0.1, -0.05) is 11.8 Å². The van der Waals surface area contributed by atoms with Crippen molar-refractivity contribution >= 4 is 11.8 Å². The van der Waals surface area contributed by atoms with Gasteiger partial charge in [-0.2, -0.15) is 0 Å². The van der Waals surface area contributed by atoms with E-state index in [-0.39, 0.29) is 5.69 Å². The van der Waals surface area contributed by atoms with Crippen LogP contribution in [0.4, 0.5) is 0 Å². The number of hydrogen-bond acceptors (Lipinski definition) is 4. The molecule has 0 saturated carbocycles. The number of aromatic amines is 1. The van der Waals surface area contributed by atoms with E-state index in [2.05, 4.69) is 15.5 Å². The van der Waals surface area contributed by atoms with Crippen molar-refractivity contribution in [2.75, 3.05) is 13.1 Å². The molecule has 1 unspecified atom stereocenters. The molecule has 1 fully saturated rings. The maximum atomic E-state index is 11.1. The van der Waals surface area contributed by atoms with E-state index in [1.807, 2.05) is 0 Å². The molecule has 78 valence electrons. The van der Waals surface area contributed by atoms with Crippen molar-refractivity contribution in [3.8, 4) is 0 Å². The van der Waals surface area contributed by atoms with Crippen molar-refractivity contribution in [2.24, 2.45) is 7.05 Å². The maximum Gasteiger partial charge on any atom is 0.343 e. The minimum Gasteiger partial charge on any atom is -0.316 e. The monoisotopic (exact) mass is 214 g/mol. The summed E-state index contributed by atoms with van der Waals surface area (Å²) in [6.45, 7) is 2.11. The summed E-state index contributed by atoms with van der Waals surface area (Å²) in [7, 11) is 1.74. The number of rotatable bonds is 2. The van der Waals surface area contributed by atoms with Crippen molar-refractivity contribution in [3.63, 3.8) is 0 Å². The molecule has 1 saturated heterocycles. The topological polar surface area (TPSA) is 62.7 Å². The first-order valence-electron chi connectivity index (χ1n) is 4.76. The molecule has 2 rings (SSSR count). The molecule has 0 radical (unpaired) electrons. The van der Waals surface area contributed by atoms with Gasteiger partial charge < -0.3 is 5.32 Å². The molecule has 6 heteroatoms. The van der Waals surface area contributed by atoms with Crippen LogP contribution in [0, 0.1) is 0 Å². The fraction of sp³-hybridized carbons (Fsp3) is 0.750. The fourth-order valence-corrected chi connectivity index (χ4v) is 2.63. The van der Waals surface area contributed by atoms with Gasteiger partial charge in [0.15, 0.2) is 5.16 Å². The Kier molecular flexibility index (Phi) is 2.93. The van der Waals surface area contributed by atoms with Gasteiger partial charge in [0.1, 0.15) is 0 Å². The van der Waals surface area contributed by atoms with Crippen LogP contribution in [0.5, 0.6) is 0 Å². The minimum atomic E-state index is -0.142. The van der Waals surface area contributed by atoms with Crippen LogP contribution in [0.2, 0.25) is 0 Å². The van der Waals surface area contributed by atoms with Crippen LogP contribution in [0.3, 0.4) is 0 Å². The van der Waals surface area contributed by atoms with E-state index < -0.39 is 0 Å². The molecule has 1 aliphatic rings. The molecule has 1 aliphatic heterocycles. The van der Waals surface area contributed by atoms with Crippen LogP contribution in [-0.4, -0.2) is 33.1 Å². The lowest BCUT2D eigenvalue weighted by Crippen LogP contribution is -2.31. The molecule has 0 aliphatic carbocycles. The van der Waals surface area contributed by atoms with Gasteiger partial charge in [0.05, 0.1) is 0 Å². The van der Waals surface area contributed by atoms with Gasteiger partial charge in [-0.3, -0.25) is 4.57 Å². The first-order chi connectivity index (χ1) is 6.77. The van der Waals surface area contributed by atoms with Crippen molar-refractivity contribution in [1.82, 2.24) is 20.1 Å². The number of nitrogens with zero attached hydrogens (tertiary/aromatic N) is 2. The van der Waals surface area contributed by atoms with E-state index in [1.54, 1.807) is 23.4 Å². The highest BCUT2D eigenvalue weighted by Crippen LogP contribution is 2.24. The van der Waals surface area contributed by atoms with E-state index in [4.69, 9.17) is 0 Å². The molecule has 2 heterocycles. The van der Waals surface area contributed by atoms with Crippen molar-refractivity contribution in [3.05, 3.63) is 10.5 Å². The van der Waals surface area contributed by atoms with Crippen molar-refractivity contribution in [2.45, 2.75) is 23.2 Å². The molecule has 5 nitrogen and oxygen atoms in total. The van der Waals surface area contributed by atoms with Crippen LogP contribution in [0.1, 0.15) is 12.8 Å². The summed E-state index contributed by atoms with van der Waals surface area (Å²) in [5.74, 6) is 0. The standard InChI is InChI=1S/C8H14N4OS/c1-12-7(13)10-11-8(12)14-6-3-2-4-9-5-6/h6,9H,2-5H2,1H3,(H,10,13). The second-order valence-corrected chi connectivity index (χ2v) is 4.72. The number of piperidine rings is 1. The Morgan fingerprint density at radius 3 is 3.07 bits per heavy atom. The number of nitrogens with one attached hydrogen (secondary N) is 2. The van der Waals surface area contributed by atoms with Gasteiger partial charge in [0.25, 0.3) is 0 Å². The molecular weight excluding hydrogens is 200 g/mol. The third-order valence-electron chi connectivity index (χ3n) is 2.36. The zero-order valence-electron chi connectivity index (χ0n) is 8.12. The Hall–Kier alpha value is -0.750. The molecule has 0 spiro atoms. The lowest BCUT2D eigenvalue weighted by atomic mass is 10.2. The summed E-state index contributed by atoms with van der Waals surface area (Å²) in [5, 5.41) is 11.1. The second-order valence-electron chi connectivity index (χ2n) is 3.46. The third kappa shape index (κ3) is 2.01. The van der Waals surface area contributed by atoms with Crippen LogP contribution in [0.15, 0.2) is 9.95 Å². The second kappa shape index (κ2) is 4.18. The predicted octanol–water partition coefficient (Wildman–Crippen LogP) is -0.0475. The lowest BCUT2D eigenvalue weighted by molar-refractivity contribution is 0.530. The minimum absolute atomic E-state index is 0.142. The third-order valence-corrected chi connectivity index (χ3v) is 3.67. The van der Waals surface area contributed by atoms with Gasteiger partial charge in [-0.05, 0) is 19.4 Å². The summed E-state index contributed by atoms with van der Waals surface area (Å²) < 4.78 is 1.55. The number of H-pyrrole nitrogens is 1. The first kappa shape index (κ1) is 9.79. The molecule has 2 N–H and O–H groups in total. The molecule has 0 amide bonds. The quantitative estimate of drug-likeness (QED) is 0.724. The first-order valence-corrected chi connectivity index (χ1v) is 5.64. The highest BCUT2D eigenvalue weighted by molar-refractivity contribution is 7.99. The Labute approximate surface area is 86.3 Å². The molecular formula is C8H14N4OS. The van der Waals surface area contributed by atoms with Gasteiger partial charge in [-0.15, -0.1) is 5.10 Å². The number of hydrogen-bond donors (Lipinski definition) is 2. The van der Waals surface area contributed by atoms with Crippen LogP contribution in [0.25, 0.3) is 0 Å². The molecule has 0 bridgehead atoms. The normalized spacial score (nSPS) is 22.5. The Balaban J connectivity index is 2.02. The molecule has 1 aromatic heterocycles.